The third kappa shape index (κ3) is 6.89. The number of amides is 1. The van der Waals surface area contributed by atoms with E-state index in [-0.39, 0.29) is 48.3 Å². The zero-order valence-corrected chi connectivity index (χ0v) is 22.8. The first-order chi connectivity index (χ1) is 18.8. The van der Waals surface area contributed by atoms with E-state index in [1.165, 1.54) is 43.8 Å². The van der Waals surface area contributed by atoms with E-state index in [2.05, 4.69) is 10.3 Å². The predicted molar refractivity (Wildman–Crippen MR) is 148 cm³/mol. The van der Waals surface area contributed by atoms with Crippen LogP contribution in [0.2, 0.25) is 0 Å². The van der Waals surface area contributed by atoms with Crippen LogP contribution in [0.4, 0.5) is 14.6 Å². The maximum Gasteiger partial charge on any atom is 0.258 e. The fourth-order valence-corrected chi connectivity index (χ4v) is 3.91. The summed E-state index contributed by atoms with van der Waals surface area (Å²) in [5, 5.41) is 2.72. The number of nitrogens with zero attached hydrogens (tertiary/aromatic N) is 2. The van der Waals surface area contributed by atoms with Crippen LogP contribution in [0, 0.1) is 15.2 Å². The van der Waals surface area contributed by atoms with Crippen molar-refractivity contribution in [2.45, 2.75) is 6.54 Å². The molecule has 0 aliphatic rings. The summed E-state index contributed by atoms with van der Waals surface area (Å²) in [6.07, 6.45) is 2.71. The third-order valence-corrected chi connectivity index (χ3v) is 6.55. The molecule has 4 aromatic rings. The molecule has 0 aliphatic carbocycles. The van der Waals surface area contributed by atoms with Crippen LogP contribution in [0.5, 0.6) is 17.2 Å². The summed E-state index contributed by atoms with van der Waals surface area (Å²) >= 11 is 1.95. The minimum absolute atomic E-state index is 0.0372. The average Bonchev–Trinajstić information content (AvgIpc) is 2.92. The van der Waals surface area contributed by atoms with Crippen LogP contribution < -0.4 is 26.1 Å². The highest BCUT2D eigenvalue weighted by atomic mass is 127. The van der Waals surface area contributed by atoms with Gasteiger partial charge in [-0.3, -0.25) is 14.2 Å². The number of ether oxygens (including phenoxy) is 3. The molecular formula is C27H23F2IN4O5. The smallest absolute Gasteiger partial charge is 0.258 e. The van der Waals surface area contributed by atoms with Crippen molar-refractivity contribution >= 4 is 34.3 Å². The molecule has 202 valence electrons. The van der Waals surface area contributed by atoms with E-state index < -0.39 is 23.1 Å². The molecule has 1 amide bonds. The predicted octanol–water partition coefficient (Wildman–Crippen LogP) is 4.45. The lowest BCUT2D eigenvalue weighted by molar-refractivity contribution is 0.0942. The zero-order chi connectivity index (χ0) is 27.9. The quantitative estimate of drug-likeness (QED) is 0.193. The molecule has 39 heavy (non-hydrogen) atoms. The number of rotatable bonds is 10. The standard InChI is InChI=1S/C27H23F2IN4O5/c1-37-10-11-38-23-13-24(35)34(15-19(23)27(36)33-14-16-2-4-17(28)5-3-16)18-6-7-21(20(29)12-18)39-22-8-9-32-26(31)25(22)30/h2-9,12-13,15H,10-11,14H2,1H3,(H2,31,32)(H,33,36). The van der Waals surface area contributed by atoms with E-state index in [4.69, 9.17) is 19.9 Å². The van der Waals surface area contributed by atoms with Crippen LogP contribution >= 0.6 is 22.6 Å². The second kappa shape index (κ2) is 12.7. The van der Waals surface area contributed by atoms with Gasteiger partial charge >= 0.3 is 0 Å². The molecule has 3 N–H and O–H groups in total. The number of hydrogen-bond acceptors (Lipinski definition) is 7. The van der Waals surface area contributed by atoms with Gasteiger partial charge in [-0.15, -0.1) is 0 Å². The number of nitrogens with two attached hydrogens (primary N) is 1. The van der Waals surface area contributed by atoms with Crippen LogP contribution in [0.15, 0.2) is 71.8 Å². The molecule has 2 aromatic heterocycles. The molecule has 2 aromatic carbocycles. The summed E-state index contributed by atoms with van der Waals surface area (Å²) in [7, 11) is 1.49. The van der Waals surface area contributed by atoms with Gasteiger partial charge in [0, 0.05) is 44.2 Å². The van der Waals surface area contributed by atoms with Crippen molar-refractivity contribution in [2.75, 3.05) is 26.1 Å². The molecule has 0 saturated heterocycles. The maximum absolute atomic E-state index is 15.0. The molecular weight excluding hydrogens is 625 g/mol. The number of anilines is 1. The van der Waals surface area contributed by atoms with Gasteiger partial charge in [-0.25, -0.2) is 13.8 Å². The second-order valence-corrected chi connectivity index (χ2v) is 9.21. The largest absolute Gasteiger partial charge is 0.490 e. The van der Waals surface area contributed by atoms with Crippen LogP contribution in [-0.2, 0) is 11.3 Å². The molecule has 0 bridgehead atoms. The van der Waals surface area contributed by atoms with Gasteiger partial charge in [0.15, 0.2) is 11.6 Å². The van der Waals surface area contributed by atoms with Crippen molar-refractivity contribution in [3.8, 4) is 22.9 Å². The normalized spacial score (nSPS) is 10.8. The Labute approximate surface area is 235 Å². The zero-order valence-electron chi connectivity index (χ0n) is 20.6. The summed E-state index contributed by atoms with van der Waals surface area (Å²) in [5.41, 5.74) is 6.09. The summed E-state index contributed by atoms with van der Waals surface area (Å²) in [4.78, 5) is 30.0. The maximum atomic E-state index is 15.0. The average molecular weight is 648 g/mol. The Kier molecular flexibility index (Phi) is 9.09. The van der Waals surface area contributed by atoms with E-state index >= 15 is 4.39 Å². The number of pyridine rings is 2. The van der Waals surface area contributed by atoms with Gasteiger partial charge in [0.25, 0.3) is 11.5 Å². The highest BCUT2D eigenvalue weighted by molar-refractivity contribution is 14.1. The van der Waals surface area contributed by atoms with E-state index in [0.29, 0.717) is 14.9 Å². The summed E-state index contributed by atoms with van der Waals surface area (Å²) in [6.45, 7) is 0.431. The van der Waals surface area contributed by atoms with Crippen LogP contribution in [0.3, 0.4) is 0 Å². The van der Waals surface area contributed by atoms with Gasteiger partial charge in [-0.2, -0.15) is 0 Å². The molecule has 0 spiro atoms. The molecule has 9 nitrogen and oxygen atoms in total. The first kappa shape index (κ1) is 28.0. The van der Waals surface area contributed by atoms with Crippen molar-refractivity contribution in [3.63, 3.8) is 0 Å². The summed E-state index contributed by atoms with van der Waals surface area (Å²) < 4.78 is 46.1. The topological polar surface area (TPSA) is 118 Å². The van der Waals surface area contributed by atoms with Crippen molar-refractivity contribution in [1.82, 2.24) is 14.9 Å². The Balaban J connectivity index is 1.63. The minimum Gasteiger partial charge on any atom is -0.490 e. The summed E-state index contributed by atoms with van der Waals surface area (Å²) in [6, 6.07) is 12.3. The fraction of sp³-hybridized carbons (Fsp3) is 0.148. The van der Waals surface area contributed by atoms with Crippen molar-refractivity contribution in [2.24, 2.45) is 0 Å². The van der Waals surface area contributed by atoms with E-state index in [0.717, 1.165) is 16.7 Å². The van der Waals surface area contributed by atoms with Gasteiger partial charge in [-0.05, 0) is 52.4 Å². The minimum atomic E-state index is -0.742. The molecule has 4 rings (SSSR count). The third-order valence-electron chi connectivity index (χ3n) is 5.47. The highest BCUT2D eigenvalue weighted by Crippen LogP contribution is 2.31. The second-order valence-electron chi connectivity index (χ2n) is 8.14. The monoisotopic (exact) mass is 648 g/mol. The molecule has 0 fully saturated rings. The van der Waals surface area contributed by atoms with E-state index in [1.807, 2.05) is 22.6 Å². The van der Waals surface area contributed by atoms with Crippen molar-refractivity contribution < 1.29 is 27.8 Å². The molecule has 2 heterocycles. The number of benzene rings is 2. The Bertz CT molecular complexity index is 1550. The molecule has 0 radical (unpaired) electrons. The first-order valence-electron chi connectivity index (χ1n) is 11.6. The number of nitrogens with one attached hydrogen (secondary N) is 1. The number of nitrogen functional groups attached to an aromatic ring is 1. The van der Waals surface area contributed by atoms with Crippen LogP contribution in [0.25, 0.3) is 5.69 Å². The number of carbonyl (C=O) groups is 1. The van der Waals surface area contributed by atoms with E-state index in [1.54, 1.807) is 18.2 Å². The van der Waals surface area contributed by atoms with E-state index in [9.17, 15) is 14.0 Å². The highest BCUT2D eigenvalue weighted by Gasteiger charge is 2.18. The molecule has 0 atom stereocenters. The lowest BCUT2D eigenvalue weighted by Crippen LogP contribution is -2.27. The van der Waals surface area contributed by atoms with Gasteiger partial charge in [0.05, 0.1) is 21.4 Å². The van der Waals surface area contributed by atoms with Crippen molar-refractivity contribution in [3.05, 3.63) is 104 Å². The molecule has 0 saturated carbocycles. The van der Waals surface area contributed by atoms with Gasteiger partial charge in [0.2, 0.25) is 0 Å². The Morgan fingerprint density at radius 2 is 1.82 bits per heavy atom. The van der Waals surface area contributed by atoms with Crippen LogP contribution in [0.1, 0.15) is 15.9 Å². The number of methoxy groups -OCH3 is 1. The molecule has 12 heteroatoms. The Hall–Kier alpha value is -4.04. The lowest BCUT2D eigenvalue weighted by atomic mass is 10.2. The van der Waals surface area contributed by atoms with Gasteiger partial charge < -0.3 is 25.3 Å². The van der Waals surface area contributed by atoms with Gasteiger partial charge in [-0.1, -0.05) is 12.1 Å². The van der Waals surface area contributed by atoms with Crippen molar-refractivity contribution in [1.29, 1.82) is 0 Å². The number of hydrogen-bond donors (Lipinski definition) is 2. The summed E-state index contributed by atoms with van der Waals surface area (Å²) in [5.74, 6) is -1.17. The Morgan fingerprint density at radius 3 is 2.54 bits per heavy atom. The van der Waals surface area contributed by atoms with Crippen LogP contribution in [-0.4, -0.2) is 35.8 Å². The lowest BCUT2D eigenvalue weighted by Gasteiger charge is -2.15. The molecule has 0 unspecified atom stereocenters. The number of carbonyl (C=O) groups excluding carboxylic acids is 1. The van der Waals surface area contributed by atoms with Gasteiger partial charge in [0.1, 0.15) is 29.7 Å². The number of aromatic nitrogens is 2. The SMILES string of the molecule is COCCOc1cc(=O)n(-c2ccc(Oc3ccnc(N)c3I)c(F)c2)cc1C(=O)NCc1ccc(F)cc1. The fourth-order valence-electron chi connectivity index (χ4n) is 3.48. The molecule has 0 aliphatic heterocycles. The number of halogens is 3. The first-order valence-corrected chi connectivity index (χ1v) is 12.6. The Morgan fingerprint density at radius 1 is 1.05 bits per heavy atom.